The second-order valence-electron chi connectivity index (χ2n) is 8.92. The number of nitrogens with one attached hydrogen (secondary N) is 3. The van der Waals surface area contributed by atoms with E-state index < -0.39 is 0 Å². The molecule has 0 fully saturated rings. The maximum absolute atomic E-state index is 12.5. The largest absolute Gasteiger partial charge is 0.348 e. The Morgan fingerprint density at radius 3 is 1.85 bits per heavy atom. The van der Waals surface area contributed by atoms with Crippen LogP contribution in [0.3, 0.4) is 0 Å². The smallest absolute Gasteiger partial charge is 0.255 e. The molecule has 3 amide bonds. The fourth-order valence-corrected chi connectivity index (χ4v) is 3.26. The molecule has 6 heteroatoms. The quantitative estimate of drug-likeness (QED) is 0.494. The first-order valence-electron chi connectivity index (χ1n) is 10.8. The SMILES string of the molecule is CC(=O)Nc1cccc(NC(=O)c2ccc(CNC(=O)c3ccc(C(C)(C)C)cc3)cc2)c1. The van der Waals surface area contributed by atoms with Crippen molar-refractivity contribution in [3.63, 3.8) is 0 Å². The van der Waals surface area contributed by atoms with Crippen LogP contribution >= 0.6 is 0 Å². The van der Waals surface area contributed by atoms with Gasteiger partial charge in [0.2, 0.25) is 5.91 Å². The summed E-state index contributed by atoms with van der Waals surface area (Å²) in [7, 11) is 0. The van der Waals surface area contributed by atoms with Crippen molar-refractivity contribution in [1.82, 2.24) is 5.32 Å². The highest BCUT2D eigenvalue weighted by molar-refractivity contribution is 6.04. The van der Waals surface area contributed by atoms with Crippen LogP contribution in [0.15, 0.2) is 72.8 Å². The molecule has 3 aromatic carbocycles. The van der Waals surface area contributed by atoms with Crippen molar-refractivity contribution < 1.29 is 14.4 Å². The first kappa shape index (κ1) is 23.7. The average molecular weight is 444 g/mol. The lowest BCUT2D eigenvalue weighted by Crippen LogP contribution is -2.23. The Morgan fingerprint density at radius 1 is 0.727 bits per heavy atom. The molecule has 3 aromatic rings. The summed E-state index contributed by atoms with van der Waals surface area (Å²) in [6.07, 6.45) is 0. The molecule has 0 bridgehead atoms. The van der Waals surface area contributed by atoms with Crippen molar-refractivity contribution in [2.45, 2.75) is 39.7 Å². The summed E-state index contributed by atoms with van der Waals surface area (Å²) in [4.78, 5) is 36.2. The molecule has 0 heterocycles. The molecule has 0 radical (unpaired) electrons. The highest BCUT2D eigenvalue weighted by Crippen LogP contribution is 2.22. The number of rotatable bonds is 6. The predicted octanol–water partition coefficient (Wildman–Crippen LogP) is 5.12. The monoisotopic (exact) mass is 443 g/mol. The van der Waals surface area contributed by atoms with Crippen LogP contribution in [0.5, 0.6) is 0 Å². The summed E-state index contributed by atoms with van der Waals surface area (Å²) in [5, 5.41) is 8.41. The number of anilines is 2. The number of carbonyl (C=O) groups excluding carboxylic acids is 3. The van der Waals surface area contributed by atoms with Gasteiger partial charge in [0.05, 0.1) is 0 Å². The van der Waals surface area contributed by atoms with Gasteiger partial charge in [0.25, 0.3) is 11.8 Å². The highest BCUT2D eigenvalue weighted by atomic mass is 16.2. The van der Waals surface area contributed by atoms with E-state index in [0.29, 0.717) is 29.0 Å². The Labute approximate surface area is 194 Å². The third kappa shape index (κ3) is 6.77. The summed E-state index contributed by atoms with van der Waals surface area (Å²) in [6.45, 7) is 8.19. The normalized spacial score (nSPS) is 10.9. The van der Waals surface area contributed by atoms with Crippen LogP contribution < -0.4 is 16.0 Å². The zero-order valence-corrected chi connectivity index (χ0v) is 19.4. The van der Waals surface area contributed by atoms with Crippen LogP contribution in [0, 0.1) is 0 Å². The van der Waals surface area contributed by atoms with Crippen LogP contribution in [0.4, 0.5) is 11.4 Å². The van der Waals surface area contributed by atoms with Gasteiger partial charge in [-0.15, -0.1) is 0 Å². The van der Waals surface area contributed by atoms with E-state index in [1.165, 1.54) is 12.5 Å². The standard InChI is InChI=1S/C27H29N3O3/c1-18(31)29-23-6-5-7-24(16-23)30-26(33)21-10-8-19(9-11-21)17-28-25(32)20-12-14-22(15-13-20)27(2,3)4/h5-16H,17H2,1-4H3,(H,28,32)(H,29,31)(H,30,33). The Bertz CT molecular complexity index is 1140. The summed E-state index contributed by atoms with van der Waals surface area (Å²) in [5.74, 6) is -0.580. The molecule has 0 saturated heterocycles. The van der Waals surface area contributed by atoms with E-state index >= 15 is 0 Å². The zero-order valence-electron chi connectivity index (χ0n) is 19.4. The van der Waals surface area contributed by atoms with Crippen molar-refractivity contribution in [2.75, 3.05) is 10.6 Å². The zero-order chi connectivity index (χ0) is 24.0. The van der Waals surface area contributed by atoms with Crippen LogP contribution in [-0.4, -0.2) is 17.7 Å². The number of carbonyl (C=O) groups is 3. The van der Waals surface area contributed by atoms with Gasteiger partial charge in [-0.2, -0.15) is 0 Å². The van der Waals surface area contributed by atoms with E-state index in [0.717, 1.165) is 5.56 Å². The van der Waals surface area contributed by atoms with E-state index in [9.17, 15) is 14.4 Å². The molecular weight excluding hydrogens is 414 g/mol. The van der Waals surface area contributed by atoms with Gasteiger partial charge in [0.1, 0.15) is 0 Å². The number of hydrogen-bond donors (Lipinski definition) is 3. The van der Waals surface area contributed by atoms with Crippen molar-refractivity contribution >= 4 is 29.1 Å². The Morgan fingerprint density at radius 2 is 1.27 bits per heavy atom. The second kappa shape index (κ2) is 10.1. The molecule has 0 atom stereocenters. The van der Waals surface area contributed by atoms with Gasteiger partial charge < -0.3 is 16.0 Å². The van der Waals surface area contributed by atoms with Gasteiger partial charge in [-0.25, -0.2) is 0 Å². The number of amides is 3. The summed E-state index contributed by atoms with van der Waals surface area (Å²) in [6, 6.07) is 21.6. The molecule has 0 aliphatic carbocycles. The van der Waals surface area contributed by atoms with Gasteiger partial charge in [-0.05, 0) is 59.0 Å². The molecule has 3 N–H and O–H groups in total. The van der Waals surface area contributed by atoms with E-state index in [4.69, 9.17) is 0 Å². The average Bonchev–Trinajstić information content (AvgIpc) is 2.77. The van der Waals surface area contributed by atoms with Gasteiger partial charge in [-0.1, -0.05) is 51.1 Å². The van der Waals surface area contributed by atoms with Crippen molar-refractivity contribution in [3.8, 4) is 0 Å². The van der Waals surface area contributed by atoms with E-state index in [1.807, 2.05) is 36.4 Å². The Balaban J connectivity index is 1.56. The van der Waals surface area contributed by atoms with Crippen molar-refractivity contribution in [2.24, 2.45) is 0 Å². The minimum Gasteiger partial charge on any atom is -0.348 e. The van der Waals surface area contributed by atoms with E-state index in [-0.39, 0.29) is 23.1 Å². The molecule has 170 valence electrons. The molecule has 0 aromatic heterocycles. The molecule has 0 spiro atoms. The number of hydrogen-bond acceptors (Lipinski definition) is 3. The molecule has 0 unspecified atom stereocenters. The maximum atomic E-state index is 12.5. The molecule has 0 aliphatic rings. The van der Waals surface area contributed by atoms with Crippen LogP contribution in [0.2, 0.25) is 0 Å². The van der Waals surface area contributed by atoms with Crippen LogP contribution in [-0.2, 0) is 16.8 Å². The minimum atomic E-state index is -0.260. The van der Waals surface area contributed by atoms with Crippen molar-refractivity contribution in [1.29, 1.82) is 0 Å². The predicted molar refractivity (Wildman–Crippen MR) is 131 cm³/mol. The van der Waals surface area contributed by atoms with Crippen LogP contribution in [0.1, 0.15) is 59.5 Å². The lowest BCUT2D eigenvalue weighted by Gasteiger charge is -2.19. The molecular formula is C27H29N3O3. The lowest BCUT2D eigenvalue weighted by molar-refractivity contribution is -0.114. The first-order valence-corrected chi connectivity index (χ1v) is 10.8. The molecule has 3 rings (SSSR count). The van der Waals surface area contributed by atoms with Crippen LogP contribution in [0.25, 0.3) is 0 Å². The summed E-state index contributed by atoms with van der Waals surface area (Å²) in [5.41, 5.74) is 4.40. The lowest BCUT2D eigenvalue weighted by atomic mass is 9.87. The molecule has 33 heavy (non-hydrogen) atoms. The van der Waals surface area contributed by atoms with E-state index in [1.54, 1.807) is 36.4 Å². The van der Waals surface area contributed by atoms with Gasteiger partial charge in [0, 0.05) is 36.0 Å². The maximum Gasteiger partial charge on any atom is 0.255 e. The second-order valence-corrected chi connectivity index (χ2v) is 8.92. The molecule has 6 nitrogen and oxygen atoms in total. The Kier molecular flexibility index (Phi) is 7.28. The van der Waals surface area contributed by atoms with Crippen molar-refractivity contribution in [3.05, 3.63) is 95.1 Å². The number of benzene rings is 3. The van der Waals surface area contributed by atoms with Gasteiger partial charge >= 0.3 is 0 Å². The van der Waals surface area contributed by atoms with Gasteiger partial charge in [0.15, 0.2) is 0 Å². The summed E-state index contributed by atoms with van der Waals surface area (Å²) < 4.78 is 0. The van der Waals surface area contributed by atoms with E-state index in [2.05, 4.69) is 36.7 Å². The fourth-order valence-electron chi connectivity index (χ4n) is 3.26. The summed E-state index contributed by atoms with van der Waals surface area (Å²) >= 11 is 0. The topological polar surface area (TPSA) is 87.3 Å². The molecule has 0 aliphatic heterocycles. The third-order valence-electron chi connectivity index (χ3n) is 5.12. The Hall–Kier alpha value is -3.93. The first-order chi connectivity index (χ1) is 15.6. The van der Waals surface area contributed by atoms with Gasteiger partial charge in [-0.3, -0.25) is 14.4 Å². The third-order valence-corrected chi connectivity index (χ3v) is 5.12. The molecule has 0 saturated carbocycles. The highest BCUT2D eigenvalue weighted by Gasteiger charge is 2.14. The minimum absolute atomic E-state index is 0.0390. The fraction of sp³-hybridized carbons (Fsp3) is 0.222.